The molecule has 0 fully saturated rings. The quantitative estimate of drug-likeness (QED) is 0.720. The normalized spacial score (nSPS) is 13.9. The molecule has 0 aliphatic heterocycles. The van der Waals surface area contributed by atoms with Crippen LogP contribution in [0.3, 0.4) is 0 Å². The van der Waals surface area contributed by atoms with Crippen molar-refractivity contribution in [2.75, 3.05) is 26.4 Å². The Morgan fingerprint density at radius 1 is 1.21 bits per heavy atom. The van der Waals surface area contributed by atoms with Crippen LogP contribution in [0.2, 0.25) is 0 Å². The van der Waals surface area contributed by atoms with Crippen LogP contribution in [0.1, 0.15) is 27.2 Å². The molecule has 0 bridgehead atoms. The predicted octanol–water partition coefficient (Wildman–Crippen LogP) is 2.21. The van der Waals surface area contributed by atoms with Gasteiger partial charge in [0.05, 0.1) is 19.8 Å². The van der Waals surface area contributed by atoms with Crippen LogP contribution in [-0.2, 0) is 0 Å². The second-order valence-electron chi connectivity index (χ2n) is 4.76. The van der Waals surface area contributed by atoms with Gasteiger partial charge >= 0.3 is 0 Å². The van der Waals surface area contributed by atoms with Gasteiger partial charge in [0, 0.05) is 18.0 Å². The molecule has 0 aliphatic rings. The maximum atomic E-state index is 9.39. The van der Waals surface area contributed by atoms with Crippen molar-refractivity contribution in [2.45, 2.75) is 32.7 Å². The van der Waals surface area contributed by atoms with Crippen molar-refractivity contribution in [2.24, 2.45) is 0 Å². The molecule has 2 N–H and O–H groups in total. The molecule has 1 rings (SSSR count). The SMILES string of the molecule is CCNC(C)(CO)CCOc1cccc(OCC)c1. The standard InChI is InChI=1S/C15H25NO3/c1-4-16-15(3,12-17)9-10-19-14-8-6-7-13(11-14)18-5-2/h6-8,11,16-17H,4-5,9-10,12H2,1-3H3. The fraction of sp³-hybridized carbons (Fsp3) is 0.600. The predicted molar refractivity (Wildman–Crippen MR) is 76.9 cm³/mol. The lowest BCUT2D eigenvalue weighted by Crippen LogP contribution is -2.46. The van der Waals surface area contributed by atoms with Crippen molar-refractivity contribution in [1.82, 2.24) is 5.32 Å². The summed E-state index contributed by atoms with van der Waals surface area (Å²) in [5, 5.41) is 12.7. The highest BCUT2D eigenvalue weighted by Crippen LogP contribution is 2.20. The molecule has 4 nitrogen and oxygen atoms in total. The number of aliphatic hydroxyl groups excluding tert-OH is 1. The Morgan fingerprint density at radius 3 is 2.47 bits per heavy atom. The number of hydrogen-bond acceptors (Lipinski definition) is 4. The molecule has 0 aromatic heterocycles. The Labute approximate surface area is 115 Å². The van der Waals surface area contributed by atoms with Gasteiger partial charge in [0.25, 0.3) is 0 Å². The third kappa shape index (κ3) is 5.49. The third-order valence-corrected chi connectivity index (χ3v) is 2.99. The van der Waals surface area contributed by atoms with E-state index in [2.05, 4.69) is 5.32 Å². The minimum absolute atomic E-state index is 0.100. The van der Waals surface area contributed by atoms with Crippen LogP contribution in [-0.4, -0.2) is 37.0 Å². The second-order valence-corrected chi connectivity index (χ2v) is 4.76. The van der Waals surface area contributed by atoms with Gasteiger partial charge in [-0.3, -0.25) is 0 Å². The number of aliphatic hydroxyl groups is 1. The smallest absolute Gasteiger partial charge is 0.122 e. The van der Waals surface area contributed by atoms with Crippen LogP contribution in [0.15, 0.2) is 24.3 Å². The van der Waals surface area contributed by atoms with Gasteiger partial charge in [-0.1, -0.05) is 13.0 Å². The average Bonchev–Trinajstić information content (AvgIpc) is 2.40. The molecule has 0 amide bonds. The van der Waals surface area contributed by atoms with E-state index in [1.807, 2.05) is 45.0 Å². The van der Waals surface area contributed by atoms with Gasteiger partial charge in [0.1, 0.15) is 11.5 Å². The van der Waals surface area contributed by atoms with E-state index in [0.717, 1.165) is 24.5 Å². The molecule has 0 radical (unpaired) electrons. The average molecular weight is 267 g/mol. The van der Waals surface area contributed by atoms with Gasteiger partial charge in [-0.15, -0.1) is 0 Å². The van der Waals surface area contributed by atoms with Crippen molar-refractivity contribution in [3.05, 3.63) is 24.3 Å². The summed E-state index contributed by atoms with van der Waals surface area (Å²) in [7, 11) is 0. The summed E-state index contributed by atoms with van der Waals surface area (Å²) < 4.78 is 11.1. The zero-order valence-corrected chi connectivity index (χ0v) is 12.1. The Hall–Kier alpha value is -1.26. The molecule has 108 valence electrons. The first-order valence-electron chi connectivity index (χ1n) is 6.85. The molecule has 4 heteroatoms. The summed E-state index contributed by atoms with van der Waals surface area (Å²) in [6, 6.07) is 7.61. The van der Waals surface area contributed by atoms with Crippen LogP contribution in [0.5, 0.6) is 11.5 Å². The molecule has 0 aliphatic carbocycles. The minimum atomic E-state index is -0.285. The Kier molecular flexibility index (Phi) is 6.67. The summed E-state index contributed by atoms with van der Waals surface area (Å²) in [5.74, 6) is 1.61. The monoisotopic (exact) mass is 267 g/mol. The molecule has 0 heterocycles. The number of hydrogen-bond donors (Lipinski definition) is 2. The molecular weight excluding hydrogens is 242 g/mol. The van der Waals surface area contributed by atoms with Gasteiger partial charge in [-0.2, -0.15) is 0 Å². The summed E-state index contributed by atoms with van der Waals surface area (Å²) in [6.45, 7) is 8.11. The lowest BCUT2D eigenvalue weighted by molar-refractivity contribution is 0.145. The zero-order chi connectivity index (χ0) is 14.1. The highest BCUT2D eigenvalue weighted by atomic mass is 16.5. The first-order chi connectivity index (χ1) is 9.13. The maximum absolute atomic E-state index is 9.39. The molecular formula is C15H25NO3. The molecule has 1 aromatic carbocycles. The Bertz CT molecular complexity index is 370. The maximum Gasteiger partial charge on any atom is 0.122 e. The number of rotatable bonds is 9. The summed E-state index contributed by atoms with van der Waals surface area (Å²) in [6.07, 6.45) is 0.746. The van der Waals surface area contributed by atoms with Gasteiger partial charge in [-0.25, -0.2) is 0 Å². The molecule has 1 aromatic rings. The number of benzene rings is 1. The van der Waals surface area contributed by atoms with E-state index < -0.39 is 0 Å². The van der Waals surface area contributed by atoms with Crippen LogP contribution < -0.4 is 14.8 Å². The second kappa shape index (κ2) is 8.02. The fourth-order valence-electron chi connectivity index (χ4n) is 1.86. The minimum Gasteiger partial charge on any atom is -0.494 e. The van der Waals surface area contributed by atoms with E-state index >= 15 is 0 Å². The molecule has 19 heavy (non-hydrogen) atoms. The van der Waals surface area contributed by atoms with E-state index in [1.54, 1.807) is 0 Å². The van der Waals surface area contributed by atoms with Crippen LogP contribution in [0.4, 0.5) is 0 Å². The third-order valence-electron chi connectivity index (χ3n) is 2.99. The van der Waals surface area contributed by atoms with Gasteiger partial charge < -0.3 is 19.9 Å². The molecule has 0 saturated carbocycles. The lowest BCUT2D eigenvalue weighted by Gasteiger charge is -2.28. The molecule has 0 spiro atoms. The van der Waals surface area contributed by atoms with Gasteiger partial charge in [0.15, 0.2) is 0 Å². The van der Waals surface area contributed by atoms with Crippen molar-refractivity contribution in [1.29, 1.82) is 0 Å². The number of ether oxygens (including phenoxy) is 2. The first kappa shape index (κ1) is 15.8. The largest absolute Gasteiger partial charge is 0.494 e. The Balaban J connectivity index is 2.45. The first-order valence-corrected chi connectivity index (χ1v) is 6.85. The summed E-state index contributed by atoms with van der Waals surface area (Å²) >= 11 is 0. The van der Waals surface area contributed by atoms with Crippen LogP contribution >= 0.6 is 0 Å². The lowest BCUT2D eigenvalue weighted by atomic mass is 10.00. The Morgan fingerprint density at radius 2 is 1.89 bits per heavy atom. The van der Waals surface area contributed by atoms with E-state index in [4.69, 9.17) is 9.47 Å². The highest BCUT2D eigenvalue weighted by molar-refractivity contribution is 5.32. The molecule has 0 saturated heterocycles. The number of likely N-dealkylation sites (N-methyl/N-ethyl adjacent to an activating group) is 1. The highest BCUT2D eigenvalue weighted by Gasteiger charge is 2.21. The topological polar surface area (TPSA) is 50.7 Å². The summed E-state index contributed by atoms with van der Waals surface area (Å²) in [5.41, 5.74) is -0.285. The van der Waals surface area contributed by atoms with Crippen LogP contribution in [0, 0.1) is 0 Å². The summed E-state index contributed by atoms with van der Waals surface area (Å²) in [4.78, 5) is 0. The molecule has 1 atom stereocenters. The molecule has 1 unspecified atom stereocenters. The van der Waals surface area contributed by atoms with Crippen molar-refractivity contribution < 1.29 is 14.6 Å². The van der Waals surface area contributed by atoms with Crippen molar-refractivity contribution in [3.63, 3.8) is 0 Å². The van der Waals surface area contributed by atoms with Gasteiger partial charge in [0.2, 0.25) is 0 Å². The van der Waals surface area contributed by atoms with E-state index in [9.17, 15) is 5.11 Å². The van der Waals surface area contributed by atoms with E-state index in [1.165, 1.54) is 0 Å². The van der Waals surface area contributed by atoms with Crippen LogP contribution in [0.25, 0.3) is 0 Å². The van der Waals surface area contributed by atoms with E-state index in [-0.39, 0.29) is 12.1 Å². The van der Waals surface area contributed by atoms with Crippen molar-refractivity contribution >= 4 is 0 Å². The zero-order valence-electron chi connectivity index (χ0n) is 12.1. The fourth-order valence-corrected chi connectivity index (χ4v) is 1.86. The number of nitrogens with one attached hydrogen (secondary N) is 1. The van der Waals surface area contributed by atoms with Crippen molar-refractivity contribution in [3.8, 4) is 11.5 Å². The van der Waals surface area contributed by atoms with E-state index in [0.29, 0.717) is 13.2 Å². The van der Waals surface area contributed by atoms with Gasteiger partial charge in [-0.05, 0) is 32.5 Å².